The maximum Gasteiger partial charge on any atom is 0.331 e. The molecule has 0 radical (unpaired) electrons. The molecule has 6 nitrogen and oxygen atoms in total. The molecule has 1 aliphatic heterocycles. The Bertz CT molecular complexity index is 809. The zero-order chi connectivity index (χ0) is 17.8. The van der Waals surface area contributed by atoms with Crippen LogP contribution in [-0.2, 0) is 16.1 Å². The van der Waals surface area contributed by atoms with Crippen LogP contribution in [0.25, 0.3) is 0 Å². The van der Waals surface area contributed by atoms with Crippen molar-refractivity contribution in [3.05, 3.63) is 53.1 Å². The number of amides is 1. The van der Waals surface area contributed by atoms with Crippen LogP contribution >= 0.6 is 11.6 Å². The van der Waals surface area contributed by atoms with E-state index in [-0.39, 0.29) is 19.0 Å². The molecule has 2 aromatic rings. The van der Waals surface area contributed by atoms with Gasteiger partial charge >= 0.3 is 5.97 Å². The van der Waals surface area contributed by atoms with Crippen molar-refractivity contribution >= 4 is 29.2 Å². The number of methoxy groups -OCH3 is 1. The van der Waals surface area contributed by atoms with E-state index >= 15 is 0 Å². The molecule has 1 aliphatic rings. The van der Waals surface area contributed by atoms with Gasteiger partial charge < -0.3 is 19.7 Å². The molecule has 130 valence electrons. The number of para-hydroxylation sites is 1. The summed E-state index contributed by atoms with van der Waals surface area (Å²) in [5.41, 5.74) is 1.50. The molecule has 7 heteroatoms. The Kier molecular flexibility index (Phi) is 5.09. The Hall–Kier alpha value is -2.73. The summed E-state index contributed by atoms with van der Waals surface area (Å²) < 4.78 is 10.4. The molecule has 1 N–H and O–H groups in total. The molecule has 0 unspecified atom stereocenters. The minimum absolute atomic E-state index is 0.00454. The van der Waals surface area contributed by atoms with Gasteiger partial charge in [0, 0.05) is 17.1 Å². The quantitative estimate of drug-likeness (QED) is 0.655. The fourth-order valence-corrected chi connectivity index (χ4v) is 2.80. The Morgan fingerprint density at radius 2 is 2.12 bits per heavy atom. The van der Waals surface area contributed by atoms with Crippen LogP contribution in [0.1, 0.15) is 5.56 Å². The molecule has 0 saturated heterocycles. The highest BCUT2D eigenvalue weighted by Crippen LogP contribution is 2.34. The summed E-state index contributed by atoms with van der Waals surface area (Å²) in [6, 6.07) is 12.4. The third-order valence-corrected chi connectivity index (χ3v) is 4.04. The Morgan fingerprint density at radius 3 is 2.92 bits per heavy atom. The van der Waals surface area contributed by atoms with Gasteiger partial charge in [0.2, 0.25) is 5.91 Å². The summed E-state index contributed by atoms with van der Waals surface area (Å²) in [4.78, 5) is 25.7. The van der Waals surface area contributed by atoms with Crippen LogP contribution in [0, 0.1) is 0 Å². The summed E-state index contributed by atoms with van der Waals surface area (Å²) in [5, 5.41) is 3.35. The van der Waals surface area contributed by atoms with Crippen LogP contribution in [0.5, 0.6) is 11.5 Å². The number of ether oxygens (including phenoxy) is 2. The van der Waals surface area contributed by atoms with Crippen LogP contribution in [0.4, 0.5) is 5.69 Å². The monoisotopic (exact) mass is 360 g/mol. The summed E-state index contributed by atoms with van der Waals surface area (Å²) >= 11 is 6.01. The molecular weight excluding hydrogens is 344 g/mol. The lowest BCUT2D eigenvalue weighted by atomic mass is 10.2. The molecule has 1 heterocycles. The predicted octanol–water partition coefficient (Wildman–Crippen LogP) is 2.39. The molecule has 0 spiro atoms. The number of benzene rings is 2. The van der Waals surface area contributed by atoms with E-state index in [0.717, 1.165) is 5.56 Å². The number of carbonyl (C=O) groups is 2. The molecule has 0 fully saturated rings. The average Bonchev–Trinajstić information content (AvgIpc) is 2.60. The fourth-order valence-electron chi connectivity index (χ4n) is 2.63. The van der Waals surface area contributed by atoms with Gasteiger partial charge in [0.05, 0.1) is 19.3 Å². The number of carbonyl (C=O) groups excluding carboxylic acids is 2. The number of fused-ring (bicyclic) bond motifs is 1. The van der Waals surface area contributed by atoms with Gasteiger partial charge in [-0.05, 0) is 24.3 Å². The van der Waals surface area contributed by atoms with Crippen LogP contribution in [0.2, 0.25) is 5.02 Å². The molecule has 3 rings (SSSR count). The minimum atomic E-state index is -0.410. The molecule has 0 atom stereocenters. The van der Waals surface area contributed by atoms with Gasteiger partial charge in [-0.2, -0.15) is 0 Å². The maximum atomic E-state index is 12.3. The highest BCUT2D eigenvalue weighted by Gasteiger charge is 2.25. The first kappa shape index (κ1) is 17.1. The molecule has 0 saturated carbocycles. The first-order chi connectivity index (χ1) is 12.1. The number of hydrogen-bond donors (Lipinski definition) is 1. The zero-order valence-electron chi connectivity index (χ0n) is 13.6. The lowest BCUT2D eigenvalue weighted by Gasteiger charge is -2.29. The predicted molar refractivity (Wildman–Crippen MR) is 94.1 cm³/mol. The van der Waals surface area contributed by atoms with Crippen LogP contribution in [0.3, 0.4) is 0 Å². The average molecular weight is 361 g/mol. The van der Waals surface area contributed by atoms with Crippen molar-refractivity contribution in [2.45, 2.75) is 6.54 Å². The molecule has 1 amide bonds. The van der Waals surface area contributed by atoms with Gasteiger partial charge in [-0.25, -0.2) is 4.79 Å². The Balaban J connectivity index is 1.67. The van der Waals surface area contributed by atoms with Crippen molar-refractivity contribution in [3.63, 3.8) is 0 Å². The fraction of sp³-hybridized carbons (Fsp3) is 0.222. The topological polar surface area (TPSA) is 67.9 Å². The Morgan fingerprint density at radius 1 is 1.32 bits per heavy atom. The van der Waals surface area contributed by atoms with Crippen molar-refractivity contribution in [1.29, 1.82) is 0 Å². The van der Waals surface area contributed by atoms with E-state index in [1.807, 2.05) is 24.3 Å². The van der Waals surface area contributed by atoms with Gasteiger partial charge in [-0.15, -0.1) is 0 Å². The SMILES string of the molecule is COc1ccccc1CNC(=O)CN1CC(=O)Oc2ccc(Cl)cc21. The number of halogens is 1. The van der Waals surface area contributed by atoms with E-state index in [1.54, 1.807) is 30.2 Å². The number of rotatable bonds is 5. The van der Waals surface area contributed by atoms with Gasteiger partial charge in [0.1, 0.15) is 12.3 Å². The molecule has 0 aromatic heterocycles. The van der Waals surface area contributed by atoms with E-state index in [0.29, 0.717) is 28.8 Å². The highest BCUT2D eigenvalue weighted by atomic mass is 35.5. The summed E-state index contributed by atoms with van der Waals surface area (Å²) in [6.07, 6.45) is 0. The third kappa shape index (κ3) is 4.03. The number of nitrogens with zero attached hydrogens (tertiary/aromatic N) is 1. The normalized spacial score (nSPS) is 13.0. The van der Waals surface area contributed by atoms with E-state index < -0.39 is 5.97 Å². The largest absolute Gasteiger partial charge is 0.496 e. The lowest BCUT2D eigenvalue weighted by Crippen LogP contribution is -2.43. The second kappa shape index (κ2) is 7.44. The number of esters is 1. The molecule has 0 aliphatic carbocycles. The first-order valence-electron chi connectivity index (χ1n) is 7.70. The van der Waals surface area contributed by atoms with Gasteiger partial charge in [0.25, 0.3) is 0 Å². The molecular formula is C18H17ClN2O4. The van der Waals surface area contributed by atoms with Crippen LogP contribution in [-0.4, -0.2) is 32.1 Å². The van der Waals surface area contributed by atoms with Crippen LogP contribution in [0.15, 0.2) is 42.5 Å². The number of anilines is 1. The molecule has 2 aromatic carbocycles. The van der Waals surface area contributed by atoms with E-state index in [4.69, 9.17) is 21.1 Å². The number of nitrogens with one attached hydrogen (secondary N) is 1. The van der Waals surface area contributed by atoms with Crippen molar-refractivity contribution in [1.82, 2.24) is 5.32 Å². The van der Waals surface area contributed by atoms with Crippen molar-refractivity contribution in [2.75, 3.05) is 25.1 Å². The molecule has 25 heavy (non-hydrogen) atoms. The summed E-state index contributed by atoms with van der Waals surface area (Å²) in [6.45, 7) is 0.358. The van der Waals surface area contributed by atoms with Gasteiger partial charge in [-0.3, -0.25) is 4.79 Å². The second-order valence-electron chi connectivity index (χ2n) is 5.53. The van der Waals surface area contributed by atoms with E-state index in [2.05, 4.69) is 5.32 Å². The second-order valence-corrected chi connectivity index (χ2v) is 5.97. The maximum absolute atomic E-state index is 12.3. The van der Waals surface area contributed by atoms with Crippen LogP contribution < -0.4 is 19.7 Å². The van der Waals surface area contributed by atoms with E-state index in [1.165, 1.54) is 0 Å². The Labute approximate surface area is 150 Å². The minimum Gasteiger partial charge on any atom is -0.496 e. The molecule has 0 bridgehead atoms. The van der Waals surface area contributed by atoms with Crippen molar-refractivity contribution < 1.29 is 19.1 Å². The first-order valence-corrected chi connectivity index (χ1v) is 8.08. The van der Waals surface area contributed by atoms with Crippen molar-refractivity contribution in [3.8, 4) is 11.5 Å². The van der Waals surface area contributed by atoms with Gasteiger partial charge in [0.15, 0.2) is 5.75 Å². The summed E-state index contributed by atoms with van der Waals surface area (Å²) in [7, 11) is 1.58. The smallest absolute Gasteiger partial charge is 0.331 e. The highest BCUT2D eigenvalue weighted by molar-refractivity contribution is 6.31. The standard InChI is InChI=1S/C18H17ClN2O4/c1-24-15-5-3-2-4-12(15)9-20-17(22)10-21-11-18(23)25-16-7-6-13(19)8-14(16)21/h2-8H,9-11H2,1H3,(H,20,22). The lowest BCUT2D eigenvalue weighted by molar-refractivity contribution is -0.133. The van der Waals surface area contributed by atoms with E-state index in [9.17, 15) is 9.59 Å². The zero-order valence-corrected chi connectivity index (χ0v) is 14.4. The van der Waals surface area contributed by atoms with Gasteiger partial charge in [-0.1, -0.05) is 29.8 Å². The number of hydrogen-bond acceptors (Lipinski definition) is 5. The van der Waals surface area contributed by atoms with Crippen molar-refractivity contribution in [2.24, 2.45) is 0 Å². The third-order valence-electron chi connectivity index (χ3n) is 3.81. The summed E-state index contributed by atoms with van der Waals surface area (Å²) in [5.74, 6) is 0.485.